The standard InChI is InChI=1S/C14H18N4/c1-18-7-6-10(17-18)9-16-14-8-13(15)11-4-2-3-5-12(11)14/h2-7,13-14,16H,8-9,15H2,1H3. The zero-order valence-electron chi connectivity index (χ0n) is 10.5. The van der Waals surface area contributed by atoms with Crippen molar-refractivity contribution in [2.75, 3.05) is 0 Å². The Hall–Kier alpha value is -1.65. The monoisotopic (exact) mass is 242 g/mol. The normalized spacial score (nSPS) is 22.1. The van der Waals surface area contributed by atoms with Crippen LogP contribution in [0.25, 0.3) is 0 Å². The summed E-state index contributed by atoms with van der Waals surface area (Å²) in [7, 11) is 1.93. The Balaban J connectivity index is 1.72. The molecule has 1 aromatic carbocycles. The van der Waals surface area contributed by atoms with Crippen LogP contribution in [-0.2, 0) is 13.6 Å². The number of benzene rings is 1. The van der Waals surface area contributed by atoms with Gasteiger partial charge in [-0.1, -0.05) is 24.3 Å². The molecule has 18 heavy (non-hydrogen) atoms. The average molecular weight is 242 g/mol. The third-order valence-electron chi connectivity index (χ3n) is 3.56. The van der Waals surface area contributed by atoms with E-state index in [1.165, 1.54) is 11.1 Å². The molecule has 0 aliphatic heterocycles. The molecule has 2 atom stereocenters. The van der Waals surface area contributed by atoms with Crippen molar-refractivity contribution >= 4 is 0 Å². The highest BCUT2D eigenvalue weighted by atomic mass is 15.3. The van der Waals surface area contributed by atoms with E-state index in [-0.39, 0.29) is 6.04 Å². The minimum Gasteiger partial charge on any atom is -0.324 e. The van der Waals surface area contributed by atoms with Gasteiger partial charge in [-0.3, -0.25) is 4.68 Å². The second-order valence-electron chi connectivity index (χ2n) is 4.89. The summed E-state index contributed by atoms with van der Waals surface area (Å²) in [4.78, 5) is 0. The van der Waals surface area contributed by atoms with E-state index in [2.05, 4.69) is 34.7 Å². The lowest BCUT2D eigenvalue weighted by Gasteiger charge is -2.12. The van der Waals surface area contributed by atoms with Gasteiger partial charge >= 0.3 is 0 Å². The van der Waals surface area contributed by atoms with E-state index in [0.29, 0.717) is 6.04 Å². The number of nitrogens with zero attached hydrogens (tertiary/aromatic N) is 2. The maximum atomic E-state index is 6.15. The van der Waals surface area contributed by atoms with Gasteiger partial charge in [0.1, 0.15) is 0 Å². The summed E-state index contributed by atoms with van der Waals surface area (Å²) in [5.41, 5.74) is 9.82. The lowest BCUT2D eigenvalue weighted by atomic mass is 10.1. The molecule has 0 spiro atoms. The van der Waals surface area contributed by atoms with Gasteiger partial charge in [-0.2, -0.15) is 5.10 Å². The third kappa shape index (κ3) is 2.05. The van der Waals surface area contributed by atoms with Gasteiger partial charge in [0.05, 0.1) is 5.69 Å². The minimum absolute atomic E-state index is 0.155. The maximum absolute atomic E-state index is 6.15. The highest BCUT2D eigenvalue weighted by Crippen LogP contribution is 2.36. The van der Waals surface area contributed by atoms with E-state index in [0.717, 1.165) is 18.7 Å². The van der Waals surface area contributed by atoms with Gasteiger partial charge in [-0.05, 0) is 23.6 Å². The Labute approximate surface area is 107 Å². The molecule has 2 unspecified atom stereocenters. The molecule has 4 heteroatoms. The molecule has 0 radical (unpaired) electrons. The number of nitrogens with two attached hydrogens (primary N) is 1. The molecule has 1 heterocycles. The summed E-state index contributed by atoms with van der Waals surface area (Å²) in [5.74, 6) is 0. The molecule has 0 saturated heterocycles. The molecule has 1 aliphatic carbocycles. The molecule has 1 aromatic heterocycles. The Bertz CT molecular complexity index is 546. The fourth-order valence-corrected chi connectivity index (χ4v) is 2.65. The zero-order valence-corrected chi connectivity index (χ0v) is 10.5. The smallest absolute Gasteiger partial charge is 0.0762 e. The van der Waals surface area contributed by atoms with E-state index < -0.39 is 0 Å². The highest BCUT2D eigenvalue weighted by Gasteiger charge is 2.27. The van der Waals surface area contributed by atoms with Crippen LogP contribution in [0.4, 0.5) is 0 Å². The lowest BCUT2D eigenvalue weighted by Crippen LogP contribution is -2.20. The van der Waals surface area contributed by atoms with Crippen LogP contribution in [0.1, 0.15) is 35.3 Å². The molecular weight excluding hydrogens is 224 g/mol. The molecule has 3 rings (SSSR count). The van der Waals surface area contributed by atoms with Crippen LogP contribution in [-0.4, -0.2) is 9.78 Å². The Morgan fingerprint density at radius 2 is 2.11 bits per heavy atom. The first-order valence-electron chi connectivity index (χ1n) is 6.30. The Morgan fingerprint density at radius 1 is 1.33 bits per heavy atom. The first-order valence-corrected chi connectivity index (χ1v) is 6.30. The summed E-state index contributed by atoms with van der Waals surface area (Å²) in [5, 5.41) is 7.91. The number of aromatic nitrogens is 2. The van der Waals surface area contributed by atoms with E-state index in [4.69, 9.17) is 5.73 Å². The maximum Gasteiger partial charge on any atom is 0.0762 e. The predicted octanol–water partition coefficient (Wildman–Crippen LogP) is 1.65. The number of aryl methyl sites for hydroxylation is 1. The number of hydrogen-bond acceptors (Lipinski definition) is 3. The second-order valence-corrected chi connectivity index (χ2v) is 4.89. The van der Waals surface area contributed by atoms with Crippen molar-refractivity contribution in [3.63, 3.8) is 0 Å². The summed E-state index contributed by atoms with van der Waals surface area (Å²) in [6, 6.07) is 11.0. The van der Waals surface area contributed by atoms with Crippen molar-refractivity contribution in [3.05, 3.63) is 53.3 Å². The van der Waals surface area contributed by atoms with Gasteiger partial charge in [-0.15, -0.1) is 0 Å². The van der Waals surface area contributed by atoms with Crippen LogP contribution >= 0.6 is 0 Å². The van der Waals surface area contributed by atoms with Crippen molar-refractivity contribution in [2.24, 2.45) is 12.8 Å². The number of rotatable bonds is 3. The van der Waals surface area contributed by atoms with Gasteiger partial charge in [0, 0.05) is 31.9 Å². The first kappa shape index (κ1) is 11.4. The van der Waals surface area contributed by atoms with E-state index in [1.807, 2.05) is 24.0 Å². The average Bonchev–Trinajstić information content (AvgIpc) is 2.92. The van der Waals surface area contributed by atoms with E-state index >= 15 is 0 Å². The van der Waals surface area contributed by atoms with Gasteiger partial charge in [-0.25, -0.2) is 0 Å². The molecule has 1 aliphatic rings. The number of hydrogen-bond donors (Lipinski definition) is 2. The summed E-state index contributed by atoms with van der Waals surface area (Å²) >= 11 is 0. The van der Waals surface area contributed by atoms with Crippen LogP contribution in [0.5, 0.6) is 0 Å². The van der Waals surface area contributed by atoms with E-state index in [1.54, 1.807) is 0 Å². The van der Waals surface area contributed by atoms with Gasteiger partial charge in [0.2, 0.25) is 0 Å². The fourth-order valence-electron chi connectivity index (χ4n) is 2.65. The summed E-state index contributed by atoms with van der Waals surface area (Å²) in [6.45, 7) is 0.784. The van der Waals surface area contributed by atoms with Crippen LogP contribution in [0.15, 0.2) is 36.5 Å². The van der Waals surface area contributed by atoms with Gasteiger partial charge in [0.25, 0.3) is 0 Å². The van der Waals surface area contributed by atoms with Gasteiger partial charge in [0.15, 0.2) is 0 Å². The lowest BCUT2D eigenvalue weighted by molar-refractivity contribution is 0.492. The molecule has 0 bridgehead atoms. The SMILES string of the molecule is Cn1ccc(CNC2CC(N)c3ccccc32)n1. The molecule has 3 N–H and O–H groups in total. The highest BCUT2D eigenvalue weighted by molar-refractivity contribution is 5.37. The molecule has 94 valence electrons. The first-order chi connectivity index (χ1) is 8.74. The van der Waals surface area contributed by atoms with Crippen molar-refractivity contribution in [3.8, 4) is 0 Å². The van der Waals surface area contributed by atoms with Crippen molar-refractivity contribution < 1.29 is 0 Å². The summed E-state index contributed by atoms with van der Waals surface area (Å²) < 4.78 is 1.82. The molecular formula is C14H18N4. The van der Waals surface area contributed by atoms with E-state index in [9.17, 15) is 0 Å². The molecule has 0 amide bonds. The second kappa shape index (κ2) is 4.55. The largest absolute Gasteiger partial charge is 0.324 e. The van der Waals surface area contributed by atoms with Crippen LogP contribution in [0.3, 0.4) is 0 Å². The molecule has 4 nitrogen and oxygen atoms in total. The number of fused-ring (bicyclic) bond motifs is 1. The van der Waals surface area contributed by atoms with Crippen molar-refractivity contribution in [1.29, 1.82) is 0 Å². The third-order valence-corrected chi connectivity index (χ3v) is 3.56. The van der Waals surface area contributed by atoms with Crippen LogP contribution < -0.4 is 11.1 Å². The van der Waals surface area contributed by atoms with Crippen molar-refractivity contribution in [2.45, 2.75) is 25.0 Å². The summed E-state index contributed by atoms with van der Waals surface area (Å²) in [6.07, 6.45) is 2.93. The quantitative estimate of drug-likeness (QED) is 0.860. The topological polar surface area (TPSA) is 55.9 Å². The predicted molar refractivity (Wildman–Crippen MR) is 70.8 cm³/mol. The fraction of sp³-hybridized carbons (Fsp3) is 0.357. The van der Waals surface area contributed by atoms with Gasteiger partial charge < -0.3 is 11.1 Å². The van der Waals surface area contributed by atoms with Crippen LogP contribution in [0.2, 0.25) is 0 Å². The molecule has 0 fully saturated rings. The van der Waals surface area contributed by atoms with Crippen LogP contribution in [0, 0.1) is 0 Å². The zero-order chi connectivity index (χ0) is 12.5. The van der Waals surface area contributed by atoms with Crippen molar-refractivity contribution in [1.82, 2.24) is 15.1 Å². The Kier molecular flexibility index (Phi) is 2.89. The molecule has 2 aromatic rings. The Morgan fingerprint density at radius 3 is 2.83 bits per heavy atom. The number of nitrogens with one attached hydrogen (secondary N) is 1. The molecule has 0 saturated carbocycles. The minimum atomic E-state index is 0.155.